The van der Waals surface area contributed by atoms with Gasteiger partial charge in [-0.2, -0.15) is 0 Å². The third kappa shape index (κ3) is 4.81. The summed E-state index contributed by atoms with van der Waals surface area (Å²) < 4.78 is 6.40. The van der Waals surface area contributed by atoms with Crippen LogP contribution in [0, 0.1) is 5.92 Å². The van der Waals surface area contributed by atoms with Gasteiger partial charge in [-0.3, -0.25) is 4.90 Å². The average molecular weight is 485 g/mol. The molecular formula is C31H40N4O. The van der Waals surface area contributed by atoms with Crippen molar-refractivity contribution in [2.45, 2.75) is 66.3 Å². The van der Waals surface area contributed by atoms with E-state index in [0.717, 1.165) is 73.1 Å². The lowest BCUT2D eigenvalue weighted by Gasteiger charge is -2.38. The summed E-state index contributed by atoms with van der Waals surface area (Å²) in [6, 6.07) is 2.63. The zero-order valence-corrected chi connectivity index (χ0v) is 22.5. The summed E-state index contributed by atoms with van der Waals surface area (Å²) in [5.74, 6) is 3.14. The van der Waals surface area contributed by atoms with Crippen molar-refractivity contribution in [3.8, 4) is 0 Å². The third-order valence-electron chi connectivity index (χ3n) is 7.91. The predicted octanol–water partition coefficient (Wildman–Crippen LogP) is 6.96. The van der Waals surface area contributed by atoms with E-state index in [1.165, 1.54) is 29.0 Å². The zero-order valence-electron chi connectivity index (χ0n) is 22.5. The van der Waals surface area contributed by atoms with Gasteiger partial charge >= 0.3 is 0 Å². The van der Waals surface area contributed by atoms with E-state index in [0.29, 0.717) is 12.0 Å². The van der Waals surface area contributed by atoms with Crippen molar-refractivity contribution in [3.63, 3.8) is 0 Å². The van der Waals surface area contributed by atoms with Crippen LogP contribution in [-0.2, 0) is 0 Å². The van der Waals surface area contributed by atoms with Gasteiger partial charge in [0.05, 0.1) is 5.70 Å². The number of piperazine rings is 1. The van der Waals surface area contributed by atoms with Gasteiger partial charge in [0.1, 0.15) is 17.3 Å². The van der Waals surface area contributed by atoms with Gasteiger partial charge in [-0.15, -0.1) is 0 Å². The molecule has 0 aromatic carbocycles. The first kappa shape index (κ1) is 24.6. The maximum atomic E-state index is 6.40. The van der Waals surface area contributed by atoms with Gasteiger partial charge in [0.2, 0.25) is 0 Å². The Morgan fingerprint density at radius 1 is 1.31 bits per heavy atom. The van der Waals surface area contributed by atoms with Crippen LogP contribution >= 0.6 is 0 Å². The second kappa shape index (κ2) is 10.1. The maximum Gasteiger partial charge on any atom is 0.153 e. The minimum atomic E-state index is 0.495. The van der Waals surface area contributed by atoms with Gasteiger partial charge in [0.25, 0.3) is 0 Å². The third-order valence-corrected chi connectivity index (χ3v) is 7.91. The Hall–Kier alpha value is -3.05. The summed E-state index contributed by atoms with van der Waals surface area (Å²) in [4.78, 5) is 9.83. The lowest BCUT2D eigenvalue weighted by atomic mass is 9.89. The number of amidine groups is 1. The first-order valence-electron chi connectivity index (χ1n) is 13.5. The molecule has 1 saturated carbocycles. The average Bonchev–Trinajstić information content (AvgIpc) is 3.26. The normalized spacial score (nSPS) is 23.1. The molecule has 36 heavy (non-hydrogen) atoms. The number of aliphatic imine (C=N–C) groups is 1. The fourth-order valence-corrected chi connectivity index (χ4v) is 5.16. The zero-order chi connectivity index (χ0) is 25.4. The highest BCUT2D eigenvalue weighted by atomic mass is 16.3. The Kier molecular flexibility index (Phi) is 6.94. The van der Waals surface area contributed by atoms with Crippen LogP contribution in [0.4, 0.5) is 0 Å². The number of nitrogens with one attached hydrogen (secondary N) is 1. The number of hydrogen-bond acceptors (Lipinski definition) is 5. The number of hydrogen-bond donors (Lipinski definition) is 1. The minimum Gasteiger partial charge on any atom is -0.454 e. The summed E-state index contributed by atoms with van der Waals surface area (Å²) in [6.07, 6.45) is 15.8. The quantitative estimate of drug-likeness (QED) is 0.474. The lowest BCUT2D eigenvalue weighted by molar-refractivity contribution is 0.259. The van der Waals surface area contributed by atoms with E-state index in [9.17, 15) is 0 Å². The van der Waals surface area contributed by atoms with E-state index in [2.05, 4.69) is 86.0 Å². The van der Waals surface area contributed by atoms with Crippen molar-refractivity contribution in [1.82, 2.24) is 15.1 Å². The summed E-state index contributed by atoms with van der Waals surface area (Å²) in [5.41, 5.74) is 8.28. The molecule has 0 spiro atoms. The Balaban J connectivity index is 1.51. The van der Waals surface area contributed by atoms with Crippen LogP contribution in [0.3, 0.4) is 0 Å². The monoisotopic (exact) mass is 484 g/mol. The Labute approximate surface area is 216 Å². The number of furan rings is 1. The van der Waals surface area contributed by atoms with Crippen LogP contribution in [0.5, 0.6) is 0 Å². The van der Waals surface area contributed by atoms with E-state index in [4.69, 9.17) is 9.41 Å². The molecule has 0 amide bonds. The molecule has 4 heterocycles. The second-order valence-corrected chi connectivity index (χ2v) is 10.8. The maximum absolute atomic E-state index is 6.40. The van der Waals surface area contributed by atoms with Gasteiger partial charge in [-0.1, -0.05) is 32.1 Å². The fourth-order valence-electron chi connectivity index (χ4n) is 5.16. The Bertz CT molecular complexity index is 1230. The van der Waals surface area contributed by atoms with Crippen molar-refractivity contribution in [2.75, 3.05) is 19.6 Å². The molecule has 1 saturated heterocycles. The van der Waals surface area contributed by atoms with Gasteiger partial charge in [-0.05, 0) is 87.8 Å². The lowest BCUT2D eigenvalue weighted by Crippen LogP contribution is -2.49. The second-order valence-electron chi connectivity index (χ2n) is 10.8. The Morgan fingerprint density at radius 2 is 2.11 bits per heavy atom. The summed E-state index contributed by atoms with van der Waals surface area (Å²) in [7, 11) is 0. The van der Waals surface area contributed by atoms with E-state index >= 15 is 0 Å². The van der Waals surface area contributed by atoms with Crippen LogP contribution in [0.25, 0.3) is 17.3 Å². The number of allylic oxidation sites excluding steroid dienone is 5. The summed E-state index contributed by atoms with van der Waals surface area (Å²) in [5, 5.41) is 3.54. The molecule has 2 fully saturated rings. The molecular weight excluding hydrogens is 444 g/mol. The standard InChI is InChI=1S/C31H40N4O/c1-7-21(4)22(5)15-25-16-29(36-31(25)20(2)3)27-17-28(24-9-8-10-24)35-19-26(11-12-30(35)33-27)34-14-13-32-23(6)18-34/h11-12,15-17,19,21,23,32H,2,7-10,13-14,18H2,1,3-6H3/b22-15-/t21?,23-/m0/s1. The van der Waals surface area contributed by atoms with E-state index in [1.807, 2.05) is 6.92 Å². The predicted molar refractivity (Wildman–Crippen MR) is 151 cm³/mol. The molecule has 3 aliphatic heterocycles. The van der Waals surface area contributed by atoms with Crippen LogP contribution in [0.15, 0.2) is 69.0 Å². The first-order chi connectivity index (χ1) is 17.3. The highest BCUT2D eigenvalue weighted by Crippen LogP contribution is 2.38. The number of rotatable bonds is 6. The molecule has 1 unspecified atom stereocenters. The van der Waals surface area contributed by atoms with Gasteiger partial charge in [0.15, 0.2) is 5.76 Å². The minimum absolute atomic E-state index is 0.495. The number of fused-ring (bicyclic) bond motifs is 1. The summed E-state index contributed by atoms with van der Waals surface area (Å²) >= 11 is 0. The van der Waals surface area contributed by atoms with Crippen LogP contribution in [0.2, 0.25) is 0 Å². The molecule has 0 radical (unpaired) electrons. The van der Waals surface area contributed by atoms with Crippen LogP contribution in [-0.4, -0.2) is 41.3 Å². The van der Waals surface area contributed by atoms with Crippen LogP contribution < -0.4 is 5.32 Å². The molecule has 0 bridgehead atoms. The molecule has 4 aliphatic rings. The molecule has 1 aromatic heterocycles. The van der Waals surface area contributed by atoms with E-state index < -0.39 is 0 Å². The van der Waals surface area contributed by atoms with Crippen molar-refractivity contribution in [1.29, 1.82) is 0 Å². The topological polar surface area (TPSA) is 44.0 Å². The van der Waals surface area contributed by atoms with Gasteiger partial charge in [0, 0.05) is 43.1 Å². The summed E-state index contributed by atoms with van der Waals surface area (Å²) in [6.45, 7) is 18.2. The molecule has 5 heteroatoms. The highest BCUT2D eigenvalue weighted by molar-refractivity contribution is 6.02. The Morgan fingerprint density at radius 3 is 2.78 bits per heavy atom. The largest absolute Gasteiger partial charge is 0.454 e. The van der Waals surface area contributed by atoms with Crippen molar-refractivity contribution < 1.29 is 4.42 Å². The van der Waals surface area contributed by atoms with Crippen molar-refractivity contribution >= 4 is 23.2 Å². The molecule has 1 N–H and O–H groups in total. The molecule has 5 nitrogen and oxygen atoms in total. The van der Waals surface area contributed by atoms with Crippen molar-refractivity contribution in [2.24, 2.45) is 10.9 Å². The van der Waals surface area contributed by atoms with Gasteiger partial charge < -0.3 is 14.6 Å². The fraction of sp³-hybridized carbons (Fsp3) is 0.452. The smallest absolute Gasteiger partial charge is 0.153 e. The van der Waals surface area contributed by atoms with Gasteiger partial charge in [-0.25, -0.2) is 4.99 Å². The van der Waals surface area contributed by atoms with Crippen molar-refractivity contribution in [3.05, 3.63) is 76.7 Å². The van der Waals surface area contributed by atoms with E-state index in [1.54, 1.807) is 0 Å². The first-order valence-corrected chi connectivity index (χ1v) is 13.5. The highest BCUT2D eigenvalue weighted by Gasteiger charge is 2.29. The molecule has 5 rings (SSSR count). The SMILES string of the molecule is C=C(C)c1oc(C2=CC(=C3CCC3)N3C=C(N4CCN[C@@H](C)C4)C=CC3=N2)cc1/C=C(/C)C(C)CC. The molecule has 190 valence electrons. The number of nitrogens with zero attached hydrogens (tertiary/aromatic N) is 3. The molecule has 1 aromatic rings. The van der Waals surface area contributed by atoms with Crippen LogP contribution in [0.1, 0.15) is 77.4 Å². The van der Waals surface area contributed by atoms with E-state index in [-0.39, 0.29) is 0 Å². The molecule has 2 atom stereocenters. The molecule has 1 aliphatic carbocycles.